The van der Waals surface area contributed by atoms with Gasteiger partial charge in [-0.3, -0.25) is 4.79 Å². The van der Waals surface area contributed by atoms with Gasteiger partial charge in [0.2, 0.25) is 5.76 Å². The molecule has 0 atom stereocenters. The first kappa shape index (κ1) is 12.4. The summed E-state index contributed by atoms with van der Waals surface area (Å²) < 4.78 is 4.89. The van der Waals surface area contributed by atoms with Gasteiger partial charge < -0.3 is 14.8 Å². The van der Waals surface area contributed by atoms with E-state index in [1.54, 1.807) is 11.3 Å². The van der Waals surface area contributed by atoms with Crippen molar-refractivity contribution in [3.05, 3.63) is 46.0 Å². The van der Waals surface area contributed by atoms with E-state index in [0.717, 1.165) is 6.42 Å². The highest BCUT2D eigenvalue weighted by Gasteiger charge is 2.14. The quantitative estimate of drug-likeness (QED) is 0.866. The zero-order valence-electron chi connectivity index (χ0n) is 9.38. The smallest absolute Gasteiger partial charge is 0.371 e. The monoisotopic (exact) mass is 265 g/mol. The van der Waals surface area contributed by atoms with E-state index in [2.05, 4.69) is 5.32 Å². The van der Waals surface area contributed by atoms with Crippen LogP contribution in [0.3, 0.4) is 0 Å². The number of nitrogens with one attached hydrogen (secondary N) is 1. The molecule has 0 aliphatic heterocycles. The van der Waals surface area contributed by atoms with Gasteiger partial charge >= 0.3 is 5.97 Å². The van der Waals surface area contributed by atoms with Crippen LogP contribution in [0.2, 0.25) is 0 Å². The molecule has 1 amide bonds. The minimum atomic E-state index is -1.19. The third-order valence-corrected chi connectivity index (χ3v) is 3.21. The predicted octanol–water partition coefficient (Wildman–Crippen LogP) is 2.01. The van der Waals surface area contributed by atoms with Crippen LogP contribution in [-0.4, -0.2) is 23.5 Å². The normalized spacial score (nSPS) is 10.2. The number of carboxylic acids is 1. The molecule has 0 spiro atoms. The van der Waals surface area contributed by atoms with Crippen molar-refractivity contribution in [2.75, 3.05) is 6.54 Å². The molecule has 6 heteroatoms. The molecule has 0 bridgehead atoms. The van der Waals surface area contributed by atoms with E-state index in [1.165, 1.54) is 17.0 Å². The lowest BCUT2D eigenvalue weighted by Crippen LogP contribution is -2.25. The Morgan fingerprint density at radius 1 is 1.28 bits per heavy atom. The van der Waals surface area contributed by atoms with Crippen molar-refractivity contribution < 1.29 is 19.1 Å². The molecule has 94 valence electrons. The van der Waals surface area contributed by atoms with E-state index in [4.69, 9.17) is 9.52 Å². The summed E-state index contributed by atoms with van der Waals surface area (Å²) in [5, 5.41) is 13.3. The summed E-state index contributed by atoms with van der Waals surface area (Å²) in [6, 6.07) is 6.56. The molecule has 0 radical (unpaired) electrons. The summed E-state index contributed by atoms with van der Waals surface area (Å²) in [4.78, 5) is 23.4. The third kappa shape index (κ3) is 2.98. The summed E-state index contributed by atoms with van der Waals surface area (Å²) in [5.41, 5.74) is 0. The molecule has 0 aliphatic rings. The number of furan rings is 1. The third-order valence-electron chi connectivity index (χ3n) is 2.28. The maximum Gasteiger partial charge on any atom is 0.371 e. The number of rotatable bonds is 5. The first-order chi connectivity index (χ1) is 8.66. The Morgan fingerprint density at radius 2 is 2.06 bits per heavy atom. The van der Waals surface area contributed by atoms with Crippen LogP contribution >= 0.6 is 11.3 Å². The Morgan fingerprint density at radius 3 is 2.67 bits per heavy atom. The molecule has 0 unspecified atom stereocenters. The lowest BCUT2D eigenvalue weighted by atomic mass is 10.3. The number of hydrogen-bond acceptors (Lipinski definition) is 4. The molecule has 2 heterocycles. The molecule has 0 aromatic carbocycles. The summed E-state index contributed by atoms with van der Waals surface area (Å²) in [7, 11) is 0. The van der Waals surface area contributed by atoms with Gasteiger partial charge in [-0.05, 0) is 30.0 Å². The Bertz CT molecular complexity index is 544. The summed E-state index contributed by atoms with van der Waals surface area (Å²) >= 11 is 1.63. The zero-order chi connectivity index (χ0) is 13.0. The van der Waals surface area contributed by atoms with Crippen LogP contribution in [0, 0.1) is 0 Å². The van der Waals surface area contributed by atoms with Crippen LogP contribution < -0.4 is 5.32 Å². The molecule has 2 aromatic heterocycles. The fraction of sp³-hybridized carbons (Fsp3) is 0.167. The summed E-state index contributed by atoms with van der Waals surface area (Å²) in [6.07, 6.45) is 0.746. The molecule has 0 aliphatic carbocycles. The number of thiophene rings is 1. The minimum Gasteiger partial charge on any atom is -0.475 e. The molecule has 0 saturated heterocycles. The number of carbonyl (C=O) groups excluding carboxylic acids is 1. The van der Waals surface area contributed by atoms with Crippen molar-refractivity contribution in [3.8, 4) is 0 Å². The van der Waals surface area contributed by atoms with E-state index in [9.17, 15) is 9.59 Å². The maximum atomic E-state index is 11.6. The fourth-order valence-electron chi connectivity index (χ4n) is 1.42. The number of amides is 1. The Kier molecular flexibility index (Phi) is 3.78. The molecular weight excluding hydrogens is 254 g/mol. The molecule has 0 saturated carbocycles. The highest BCUT2D eigenvalue weighted by molar-refractivity contribution is 7.09. The van der Waals surface area contributed by atoms with Gasteiger partial charge in [0.25, 0.3) is 5.91 Å². The van der Waals surface area contributed by atoms with Gasteiger partial charge in [0.05, 0.1) is 0 Å². The van der Waals surface area contributed by atoms with Crippen molar-refractivity contribution in [1.29, 1.82) is 0 Å². The van der Waals surface area contributed by atoms with Gasteiger partial charge in [0, 0.05) is 11.4 Å². The van der Waals surface area contributed by atoms with E-state index < -0.39 is 11.9 Å². The van der Waals surface area contributed by atoms with Crippen LogP contribution in [0.4, 0.5) is 0 Å². The molecular formula is C12H11NO4S. The van der Waals surface area contributed by atoms with Crippen molar-refractivity contribution in [3.63, 3.8) is 0 Å². The molecule has 5 nitrogen and oxygen atoms in total. The zero-order valence-corrected chi connectivity index (χ0v) is 10.2. The van der Waals surface area contributed by atoms with Gasteiger partial charge in [-0.1, -0.05) is 6.07 Å². The second-order valence-electron chi connectivity index (χ2n) is 3.55. The predicted molar refractivity (Wildman–Crippen MR) is 66.0 cm³/mol. The Balaban J connectivity index is 1.85. The summed E-state index contributed by atoms with van der Waals surface area (Å²) in [6.45, 7) is 0.489. The van der Waals surface area contributed by atoms with E-state index in [1.807, 2.05) is 17.5 Å². The second kappa shape index (κ2) is 5.50. The first-order valence-electron chi connectivity index (χ1n) is 5.30. The SMILES string of the molecule is O=C(O)c1ccc(C(=O)NCCc2cccs2)o1. The van der Waals surface area contributed by atoms with Crippen molar-refractivity contribution in [2.45, 2.75) is 6.42 Å². The van der Waals surface area contributed by atoms with Crippen LogP contribution in [0.1, 0.15) is 26.0 Å². The van der Waals surface area contributed by atoms with Gasteiger partial charge in [0.1, 0.15) is 0 Å². The Labute approximate surface area is 107 Å². The molecule has 2 aromatic rings. The van der Waals surface area contributed by atoms with Gasteiger partial charge in [-0.25, -0.2) is 4.79 Å². The maximum absolute atomic E-state index is 11.6. The van der Waals surface area contributed by atoms with E-state index >= 15 is 0 Å². The number of aromatic carboxylic acids is 1. The van der Waals surface area contributed by atoms with Gasteiger partial charge in [0.15, 0.2) is 5.76 Å². The van der Waals surface area contributed by atoms with Crippen molar-refractivity contribution in [1.82, 2.24) is 5.32 Å². The van der Waals surface area contributed by atoms with Crippen LogP contribution in [-0.2, 0) is 6.42 Å². The Hall–Kier alpha value is -2.08. The first-order valence-corrected chi connectivity index (χ1v) is 6.18. The van der Waals surface area contributed by atoms with Crippen molar-refractivity contribution in [2.24, 2.45) is 0 Å². The van der Waals surface area contributed by atoms with Crippen LogP contribution in [0.5, 0.6) is 0 Å². The van der Waals surface area contributed by atoms with Crippen LogP contribution in [0.25, 0.3) is 0 Å². The second-order valence-corrected chi connectivity index (χ2v) is 4.59. The van der Waals surface area contributed by atoms with Crippen LogP contribution in [0.15, 0.2) is 34.1 Å². The highest BCUT2D eigenvalue weighted by atomic mass is 32.1. The molecule has 2 rings (SSSR count). The lowest BCUT2D eigenvalue weighted by Gasteiger charge is -2.01. The van der Waals surface area contributed by atoms with Gasteiger partial charge in [-0.2, -0.15) is 0 Å². The highest BCUT2D eigenvalue weighted by Crippen LogP contribution is 2.09. The average Bonchev–Trinajstić information content (AvgIpc) is 2.99. The largest absolute Gasteiger partial charge is 0.475 e. The topological polar surface area (TPSA) is 79.5 Å². The average molecular weight is 265 g/mol. The number of carboxylic acid groups (broad SMARTS) is 1. The van der Waals surface area contributed by atoms with Crippen molar-refractivity contribution >= 4 is 23.2 Å². The van der Waals surface area contributed by atoms with E-state index in [-0.39, 0.29) is 11.5 Å². The standard InChI is InChI=1S/C12H11NO4S/c14-11(9-3-4-10(17-9)12(15)16)13-6-5-8-2-1-7-18-8/h1-4,7H,5-6H2,(H,13,14)(H,15,16). The molecule has 18 heavy (non-hydrogen) atoms. The lowest BCUT2D eigenvalue weighted by molar-refractivity contribution is 0.0659. The fourth-order valence-corrected chi connectivity index (χ4v) is 2.13. The minimum absolute atomic E-state index is 0.0126. The number of hydrogen-bond donors (Lipinski definition) is 2. The summed E-state index contributed by atoms with van der Waals surface area (Å²) in [5.74, 6) is -1.82. The molecule has 2 N–H and O–H groups in total. The van der Waals surface area contributed by atoms with Gasteiger partial charge in [-0.15, -0.1) is 11.3 Å². The van der Waals surface area contributed by atoms with E-state index in [0.29, 0.717) is 6.54 Å². The molecule has 0 fully saturated rings. The number of carbonyl (C=O) groups is 2.